The molecule has 1 aromatic heterocycles. The third-order valence-corrected chi connectivity index (χ3v) is 4.70. The molecular formula is C17H15ClF3N3O3S. The standard InChI is InChI=1S/C17H15ClF3N3O3S/c1-10-2-4-12(5-3-10)28-9-15(26)23-22-14(25)8-24-7-11(17(19,20)21)6-13(18)16(24)27/h2-7H,8-9H2,1H3,(H,22,25)(H,23,26). The number of pyridine rings is 1. The minimum Gasteiger partial charge on any atom is -0.304 e. The van der Waals surface area contributed by atoms with Crippen LogP contribution in [0, 0.1) is 6.92 Å². The van der Waals surface area contributed by atoms with Crippen molar-refractivity contribution in [1.29, 1.82) is 0 Å². The molecule has 150 valence electrons. The van der Waals surface area contributed by atoms with Crippen LogP contribution in [-0.4, -0.2) is 22.1 Å². The van der Waals surface area contributed by atoms with Gasteiger partial charge < -0.3 is 4.57 Å². The number of amides is 2. The quantitative estimate of drug-likeness (QED) is 0.561. The first-order valence-corrected chi connectivity index (χ1v) is 9.17. The van der Waals surface area contributed by atoms with Crippen molar-refractivity contribution in [2.24, 2.45) is 0 Å². The number of hydrogen-bond donors (Lipinski definition) is 2. The van der Waals surface area contributed by atoms with Gasteiger partial charge in [0.1, 0.15) is 11.6 Å². The van der Waals surface area contributed by atoms with Crippen LogP contribution in [0.3, 0.4) is 0 Å². The highest BCUT2D eigenvalue weighted by molar-refractivity contribution is 8.00. The van der Waals surface area contributed by atoms with E-state index >= 15 is 0 Å². The smallest absolute Gasteiger partial charge is 0.304 e. The van der Waals surface area contributed by atoms with Crippen LogP contribution < -0.4 is 16.4 Å². The van der Waals surface area contributed by atoms with E-state index in [4.69, 9.17) is 11.6 Å². The molecule has 0 aliphatic carbocycles. The molecule has 2 aromatic rings. The maximum absolute atomic E-state index is 12.8. The highest BCUT2D eigenvalue weighted by Crippen LogP contribution is 2.29. The summed E-state index contributed by atoms with van der Waals surface area (Å²) in [6.45, 7) is 1.19. The number of alkyl halides is 3. The largest absolute Gasteiger partial charge is 0.417 e. The van der Waals surface area contributed by atoms with E-state index < -0.39 is 40.7 Å². The number of thioether (sulfide) groups is 1. The fourth-order valence-corrected chi connectivity index (χ4v) is 2.95. The van der Waals surface area contributed by atoms with Crippen molar-refractivity contribution in [3.63, 3.8) is 0 Å². The molecule has 0 radical (unpaired) electrons. The van der Waals surface area contributed by atoms with E-state index in [9.17, 15) is 27.6 Å². The zero-order valence-corrected chi connectivity index (χ0v) is 16.0. The van der Waals surface area contributed by atoms with Gasteiger partial charge in [-0.05, 0) is 25.1 Å². The van der Waals surface area contributed by atoms with Crippen molar-refractivity contribution in [1.82, 2.24) is 15.4 Å². The Kier molecular flexibility index (Phi) is 7.14. The summed E-state index contributed by atoms with van der Waals surface area (Å²) in [5, 5.41) is -0.666. The Morgan fingerprint density at radius 3 is 2.36 bits per heavy atom. The number of carbonyl (C=O) groups is 2. The number of hydrogen-bond acceptors (Lipinski definition) is 4. The van der Waals surface area contributed by atoms with E-state index in [1.54, 1.807) is 0 Å². The first-order chi connectivity index (χ1) is 13.1. The van der Waals surface area contributed by atoms with Gasteiger partial charge in [0.25, 0.3) is 11.5 Å². The zero-order chi connectivity index (χ0) is 20.9. The number of halogens is 4. The van der Waals surface area contributed by atoms with Crippen LogP contribution in [0.15, 0.2) is 46.2 Å². The Hall–Kier alpha value is -2.46. The van der Waals surface area contributed by atoms with E-state index in [1.165, 1.54) is 11.8 Å². The summed E-state index contributed by atoms with van der Waals surface area (Å²) in [6.07, 6.45) is -4.24. The monoisotopic (exact) mass is 433 g/mol. The van der Waals surface area contributed by atoms with Gasteiger partial charge in [-0.25, -0.2) is 0 Å². The predicted octanol–water partition coefficient (Wildman–Crippen LogP) is 2.77. The number of aromatic nitrogens is 1. The summed E-state index contributed by atoms with van der Waals surface area (Å²) in [7, 11) is 0. The van der Waals surface area contributed by atoms with Crippen molar-refractivity contribution in [2.45, 2.75) is 24.5 Å². The molecule has 0 unspecified atom stereocenters. The maximum atomic E-state index is 12.8. The molecule has 11 heteroatoms. The minimum atomic E-state index is -4.73. The van der Waals surface area contributed by atoms with Gasteiger partial charge in [-0.3, -0.25) is 25.2 Å². The van der Waals surface area contributed by atoms with Gasteiger partial charge in [0, 0.05) is 11.1 Å². The van der Waals surface area contributed by atoms with Crippen molar-refractivity contribution in [2.75, 3.05) is 5.75 Å². The Labute approximate surface area is 167 Å². The van der Waals surface area contributed by atoms with Gasteiger partial charge in [-0.1, -0.05) is 29.3 Å². The molecule has 6 nitrogen and oxygen atoms in total. The lowest BCUT2D eigenvalue weighted by Crippen LogP contribution is -2.45. The molecule has 0 saturated heterocycles. The molecule has 2 amide bonds. The lowest BCUT2D eigenvalue weighted by atomic mass is 10.2. The van der Waals surface area contributed by atoms with Crippen LogP contribution in [0.4, 0.5) is 13.2 Å². The molecule has 0 bridgehead atoms. The molecule has 1 aromatic carbocycles. The van der Waals surface area contributed by atoms with Crippen LogP contribution >= 0.6 is 23.4 Å². The summed E-state index contributed by atoms with van der Waals surface area (Å²) in [6, 6.07) is 7.95. The van der Waals surface area contributed by atoms with Crippen molar-refractivity contribution in [3.05, 3.63) is 63.0 Å². The van der Waals surface area contributed by atoms with E-state index in [-0.39, 0.29) is 5.75 Å². The summed E-state index contributed by atoms with van der Waals surface area (Å²) in [5.41, 5.74) is 3.14. The first-order valence-electron chi connectivity index (χ1n) is 7.80. The molecular weight excluding hydrogens is 419 g/mol. The van der Waals surface area contributed by atoms with Crippen molar-refractivity contribution in [3.8, 4) is 0 Å². The molecule has 2 rings (SSSR count). The van der Waals surface area contributed by atoms with Gasteiger partial charge in [-0.2, -0.15) is 13.2 Å². The number of nitrogens with zero attached hydrogens (tertiary/aromatic N) is 1. The van der Waals surface area contributed by atoms with Gasteiger partial charge in [0.15, 0.2) is 0 Å². The molecule has 28 heavy (non-hydrogen) atoms. The number of carbonyl (C=O) groups excluding carboxylic acids is 2. The highest BCUT2D eigenvalue weighted by Gasteiger charge is 2.32. The summed E-state index contributed by atoms with van der Waals surface area (Å²) in [5.74, 6) is -1.39. The second kappa shape index (κ2) is 9.16. The average molecular weight is 434 g/mol. The van der Waals surface area contributed by atoms with E-state index in [0.29, 0.717) is 16.8 Å². The first kappa shape index (κ1) is 21.8. The molecule has 0 atom stereocenters. The van der Waals surface area contributed by atoms with Gasteiger partial charge in [0.05, 0.1) is 11.3 Å². The summed E-state index contributed by atoms with van der Waals surface area (Å²) < 4.78 is 38.9. The summed E-state index contributed by atoms with van der Waals surface area (Å²) in [4.78, 5) is 36.3. The zero-order valence-electron chi connectivity index (χ0n) is 14.5. The van der Waals surface area contributed by atoms with Crippen molar-refractivity contribution >= 4 is 35.2 Å². The van der Waals surface area contributed by atoms with E-state index in [2.05, 4.69) is 5.43 Å². The second-order valence-corrected chi connectivity index (χ2v) is 7.16. The maximum Gasteiger partial charge on any atom is 0.417 e. The fourth-order valence-electron chi connectivity index (χ4n) is 2.02. The number of benzene rings is 1. The van der Waals surface area contributed by atoms with Crippen LogP contribution in [0.1, 0.15) is 11.1 Å². The van der Waals surface area contributed by atoms with Crippen LogP contribution in [0.25, 0.3) is 0 Å². The van der Waals surface area contributed by atoms with E-state index in [1.807, 2.05) is 36.6 Å². The molecule has 0 aliphatic rings. The molecule has 0 aliphatic heterocycles. The molecule has 2 N–H and O–H groups in total. The second-order valence-electron chi connectivity index (χ2n) is 5.71. The topological polar surface area (TPSA) is 80.2 Å². The molecule has 0 spiro atoms. The predicted molar refractivity (Wildman–Crippen MR) is 98.9 cm³/mol. The molecule has 0 saturated carbocycles. The lowest BCUT2D eigenvalue weighted by molar-refractivity contribution is -0.138. The number of rotatable bonds is 5. The Morgan fingerprint density at radius 2 is 1.75 bits per heavy atom. The van der Waals surface area contributed by atoms with Gasteiger partial charge in [-0.15, -0.1) is 11.8 Å². The van der Waals surface area contributed by atoms with Gasteiger partial charge >= 0.3 is 6.18 Å². The van der Waals surface area contributed by atoms with Crippen LogP contribution in [0.5, 0.6) is 0 Å². The minimum absolute atomic E-state index is 0.0126. The normalized spacial score (nSPS) is 11.2. The highest BCUT2D eigenvalue weighted by atomic mass is 35.5. The molecule has 1 heterocycles. The lowest BCUT2D eigenvalue weighted by Gasteiger charge is -2.12. The summed E-state index contributed by atoms with van der Waals surface area (Å²) >= 11 is 6.75. The number of nitrogens with one attached hydrogen (secondary N) is 2. The Morgan fingerprint density at radius 1 is 1.14 bits per heavy atom. The van der Waals surface area contributed by atoms with Crippen LogP contribution in [-0.2, 0) is 22.3 Å². The SMILES string of the molecule is Cc1ccc(SCC(=O)NNC(=O)Cn2cc(C(F)(F)F)cc(Cl)c2=O)cc1. The Balaban J connectivity index is 1.90. The van der Waals surface area contributed by atoms with Crippen molar-refractivity contribution < 1.29 is 22.8 Å². The third-order valence-electron chi connectivity index (χ3n) is 3.42. The fraction of sp³-hybridized carbons (Fsp3) is 0.235. The number of hydrazine groups is 1. The van der Waals surface area contributed by atoms with Gasteiger partial charge in [0.2, 0.25) is 5.91 Å². The van der Waals surface area contributed by atoms with E-state index in [0.717, 1.165) is 10.5 Å². The number of aryl methyl sites for hydroxylation is 1. The molecule has 0 fully saturated rings. The Bertz CT molecular complexity index is 930. The third kappa shape index (κ3) is 6.31. The average Bonchev–Trinajstić information content (AvgIpc) is 2.62. The van der Waals surface area contributed by atoms with Crippen LogP contribution in [0.2, 0.25) is 5.02 Å².